The van der Waals surface area contributed by atoms with Gasteiger partial charge in [0.25, 0.3) is 0 Å². The molecule has 28 heavy (non-hydrogen) atoms. The summed E-state index contributed by atoms with van der Waals surface area (Å²) in [6.07, 6.45) is 6.72. The SMILES string of the molecule is CCCOC(=O)[C@H]1CS[C@@H](C2CCCCC2)N1C(=O)Nc1cccc(C)c1C. The summed E-state index contributed by atoms with van der Waals surface area (Å²) in [5, 5.41) is 3.11. The van der Waals surface area contributed by atoms with Gasteiger partial charge in [0, 0.05) is 11.4 Å². The average Bonchev–Trinajstić information content (AvgIpc) is 3.15. The Morgan fingerprint density at radius 1 is 1.21 bits per heavy atom. The minimum Gasteiger partial charge on any atom is -0.464 e. The maximum Gasteiger partial charge on any atom is 0.329 e. The molecule has 2 amide bonds. The van der Waals surface area contributed by atoms with Gasteiger partial charge in [0.05, 0.1) is 12.0 Å². The average molecular weight is 405 g/mol. The number of carbonyl (C=O) groups is 2. The third-order valence-corrected chi connectivity index (χ3v) is 7.35. The number of hydrogen-bond acceptors (Lipinski definition) is 4. The first-order valence-electron chi connectivity index (χ1n) is 10.5. The van der Waals surface area contributed by atoms with Crippen molar-refractivity contribution in [1.82, 2.24) is 4.90 Å². The molecule has 154 valence electrons. The molecule has 0 bridgehead atoms. The van der Waals surface area contributed by atoms with Crippen molar-refractivity contribution >= 4 is 29.4 Å². The Labute approximate surface area is 172 Å². The second-order valence-electron chi connectivity index (χ2n) is 7.89. The van der Waals surface area contributed by atoms with Gasteiger partial charge in [-0.15, -0.1) is 11.8 Å². The molecule has 2 atom stereocenters. The fourth-order valence-electron chi connectivity index (χ4n) is 4.11. The zero-order valence-corrected chi connectivity index (χ0v) is 18.0. The molecule has 0 unspecified atom stereocenters. The van der Waals surface area contributed by atoms with Gasteiger partial charge in [-0.05, 0) is 56.2 Å². The summed E-state index contributed by atoms with van der Waals surface area (Å²) in [5.74, 6) is 0.792. The van der Waals surface area contributed by atoms with E-state index in [0.717, 1.165) is 36.1 Å². The number of carbonyl (C=O) groups excluding carboxylic acids is 2. The fraction of sp³-hybridized carbons (Fsp3) is 0.636. The van der Waals surface area contributed by atoms with E-state index in [0.29, 0.717) is 18.3 Å². The van der Waals surface area contributed by atoms with Crippen LogP contribution in [0.15, 0.2) is 18.2 Å². The van der Waals surface area contributed by atoms with E-state index in [9.17, 15) is 9.59 Å². The van der Waals surface area contributed by atoms with Gasteiger partial charge < -0.3 is 10.1 Å². The van der Waals surface area contributed by atoms with Gasteiger partial charge in [0.2, 0.25) is 0 Å². The Balaban J connectivity index is 1.81. The highest BCUT2D eigenvalue weighted by Crippen LogP contribution is 2.41. The molecule has 1 aliphatic heterocycles. The minimum absolute atomic E-state index is 0.0459. The minimum atomic E-state index is -0.506. The number of thioether (sulfide) groups is 1. The van der Waals surface area contributed by atoms with Crippen molar-refractivity contribution in [2.75, 3.05) is 17.7 Å². The molecule has 2 aliphatic rings. The first-order chi connectivity index (χ1) is 13.5. The number of ether oxygens (including phenoxy) is 1. The number of amides is 2. The van der Waals surface area contributed by atoms with Gasteiger partial charge in [0.1, 0.15) is 6.04 Å². The lowest BCUT2D eigenvalue weighted by Gasteiger charge is -2.35. The maximum atomic E-state index is 13.3. The van der Waals surface area contributed by atoms with E-state index in [2.05, 4.69) is 5.32 Å². The van der Waals surface area contributed by atoms with Crippen LogP contribution in [0.1, 0.15) is 56.6 Å². The molecule has 1 aromatic carbocycles. The predicted molar refractivity (Wildman–Crippen MR) is 115 cm³/mol. The van der Waals surface area contributed by atoms with Gasteiger partial charge in [-0.25, -0.2) is 9.59 Å². The van der Waals surface area contributed by atoms with Crippen LogP contribution in [0.5, 0.6) is 0 Å². The van der Waals surface area contributed by atoms with Crippen LogP contribution in [-0.2, 0) is 9.53 Å². The summed E-state index contributed by atoms with van der Waals surface area (Å²) in [5.41, 5.74) is 3.00. The van der Waals surface area contributed by atoms with E-state index in [1.165, 1.54) is 19.3 Å². The molecule has 1 heterocycles. The van der Waals surface area contributed by atoms with Crippen molar-refractivity contribution in [3.63, 3.8) is 0 Å². The Hall–Kier alpha value is -1.69. The molecule has 0 spiro atoms. The van der Waals surface area contributed by atoms with E-state index >= 15 is 0 Å². The molecule has 2 fully saturated rings. The number of benzene rings is 1. The third kappa shape index (κ3) is 4.65. The summed E-state index contributed by atoms with van der Waals surface area (Å²) in [6, 6.07) is 5.21. The number of nitrogens with zero attached hydrogens (tertiary/aromatic N) is 1. The maximum absolute atomic E-state index is 13.3. The molecule has 1 aliphatic carbocycles. The number of hydrogen-bond donors (Lipinski definition) is 1. The van der Waals surface area contributed by atoms with Crippen molar-refractivity contribution in [2.24, 2.45) is 5.92 Å². The zero-order valence-electron chi connectivity index (χ0n) is 17.2. The topological polar surface area (TPSA) is 58.6 Å². The third-order valence-electron chi connectivity index (χ3n) is 5.89. The van der Waals surface area contributed by atoms with Crippen LogP contribution >= 0.6 is 11.8 Å². The van der Waals surface area contributed by atoms with Crippen LogP contribution in [0.4, 0.5) is 10.5 Å². The molecule has 6 heteroatoms. The van der Waals surface area contributed by atoms with Crippen LogP contribution < -0.4 is 5.32 Å². The lowest BCUT2D eigenvalue weighted by atomic mass is 9.88. The summed E-state index contributed by atoms with van der Waals surface area (Å²) in [4.78, 5) is 27.8. The normalized spacial score (nSPS) is 22.9. The summed E-state index contributed by atoms with van der Waals surface area (Å²) >= 11 is 1.74. The van der Waals surface area contributed by atoms with Gasteiger partial charge in [-0.2, -0.15) is 0 Å². The summed E-state index contributed by atoms with van der Waals surface area (Å²) in [7, 11) is 0. The second-order valence-corrected chi connectivity index (χ2v) is 9.04. The number of anilines is 1. The molecule has 3 rings (SSSR count). The van der Waals surface area contributed by atoms with E-state index in [1.54, 1.807) is 16.7 Å². The molecule has 1 saturated heterocycles. The lowest BCUT2D eigenvalue weighted by Crippen LogP contribution is -2.50. The van der Waals surface area contributed by atoms with Gasteiger partial charge in [0.15, 0.2) is 0 Å². The molecule has 5 nitrogen and oxygen atoms in total. The number of nitrogens with one attached hydrogen (secondary N) is 1. The number of urea groups is 1. The van der Waals surface area contributed by atoms with Gasteiger partial charge in [-0.1, -0.05) is 38.3 Å². The molecular formula is C22H32N2O3S. The van der Waals surface area contributed by atoms with Gasteiger partial charge >= 0.3 is 12.0 Å². The summed E-state index contributed by atoms with van der Waals surface area (Å²) < 4.78 is 5.41. The Morgan fingerprint density at radius 3 is 2.68 bits per heavy atom. The molecule has 0 aromatic heterocycles. The van der Waals surface area contributed by atoms with Crippen molar-refractivity contribution in [2.45, 2.75) is 70.7 Å². The van der Waals surface area contributed by atoms with E-state index in [-0.39, 0.29) is 17.4 Å². The highest BCUT2D eigenvalue weighted by Gasteiger charge is 2.45. The van der Waals surface area contributed by atoms with Crippen LogP contribution in [0.2, 0.25) is 0 Å². The van der Waals surface area contributed by atoms with Crippen molar-refractivity contribution in [3.8, 4) is 0 Å². The molecule has 1 aromatic rings. The fourth-order valence-corrected chi connectivity index (χ4v) is 5.74. The second kappa shape index (κ2) is 9.68. The summed E-state index contributed by atoms with van der Waals surface area (Å²) in [6.45, 7) is 6.43. The lowest BCUT2D eigenvalue weighted by molar-refractivity contribution is -0.148. The van der Waals surface area contributed by atoms with Crippen LogP contribution in [-0.4, -0.2) is 40.7 Å². The smallest absolute Gasteiger partial charge is 0.329 e. The van der Waals surface area contributed by atoms with E-state index < -0.39 is 6.04 Å². The van der Waals surface area contributed by atoms with Crippen LogP contribution in [0, 0.1) is 19.8 Å². The van der Waals surface area contributed by atoms with E-state index in [4.69, 9.17) is 4.74 Å². The van der Waals surface area contributed by atoms with Crippen molar-refractivity contribution < 1.29 is 14.3 Å². The highest BCUT2D eigenvalue weighted by molar-refractivity contribution is 8.00. The number of rotatable bonds is 5. The first-order valence-corrected chi connectivity index (χ1v) is 11.5. The standard InChI is InChI=1S/C22H32N2O3S/c1-4-13-27-21(25)19-14-28-20(17-10-6-5-7-11-17)24(19)22(26)23-18-12-8-9-15(2)16(18)3/h8-9,12,17,19-20H,4-7,10-11,13-14H2,1-3H3,(H,23,26)/t19-,20+/m1/s1. The van der Waals surface area contributed by atoms with Gasteiger partial charge in [-0.3, -0.25) is 4.90 Å². The van der Waals surface area contributed by atoms with Crippen LogP contribution in [0.3, 0.4) is 0 Å². The Bertz CT molecular complexity index is 703. The van der Waals surface area contributed by atoms with Crippen molar-refractivity contribution in [3.05, 3.63) is 29.3 Å². The van der Waals surface area contributed by atoms with Crippen molar-refractivity contribution in [1.29, 1.82) is 0 Å². The van der Waals surface area contributed by atoms with Crippen LogP contribution in [0.25, 0.3) is 0 Å². The van der Waals surface area contributed by atoms with E-state index in [1.807, 2.05) is 39.0 Å². The Kier molecular flexibility index (Phi) is 7.27. The first kappa shape index (κ1) is 21.0. The molecule has 0 radical (unpaired) electrons. The largest absolute Gasteiger partial charge is 0.464 e. The number of aryl methyl sites for hydroxylation is 1. The molecular weight excluding hydrogens is 372 g/mol. The highest BCUT2D eigenvalue weighted by atomic mass is 32.2. The quantitative estimate of drug-likeness (QED) is 0.693. The zero-order chi connectivity index (χ0) is 20.1. The molecule has 1 saturated carbocycles. The number of esters is 1. The Morgan fingerprint density at radius 2 is 1.96 bits per heavy atom. The predicted octanol–water partition coefficient (Wildman–Crippen LogP) is 5.11. The monoisotopic (exact) mass is 404 g/mol. The molecule has 1 N–H and O–H groups in total.